The van der Waals surface area contributed by atoms with Crippen LogP contribution in [-0.2, 0) is 14.3 Å². The van der Waals surface area contributed by atoms with Gasteiger partial charge in [0, 0.05) is 19.3 Å². The van der Waals surface area contributed by atoms with Gasteiger partial charge in [0.25, 0.3) is 5.91 Å². The van der Waals surface area contributed by atoms with Crippen LogP contribution in [0.5, 0.6) is 0 Å². The minimum Gasteiger partial charge on any atom is -0.376 e. The first-order chi connectivity index (χ1) is 11.3. The zero-order valence-electron chi connectivity index (χ0n) is 13.8. The second-order valence-corrected chi connectivity index (χ2v) is 6.41. The minimum atomic E-state index is -0.426. The number of nitrogens with zero attached hydrogens (tertiary/aromatic N) is 2. The van der Waals surface area contributed by atoms with E-state index in [0.29, 0.717) is 6.61 Å². The number of hydrogen-bond acceptors (Lipinski definition) is 4. The maximum atomic E-state index is 12.7. The van der Waals surface area contributed by atoms with Crippen LogP contribution in [-0.4, -0.2) is 47.8 Å². The Hall–Kier alpha value is -1.46. The lowest BCUT2D eigenvalue weighted by Crippen LogP contribution is -2.40. The standard InChI is InChI=1S/C18H26N2O3/c1-14(23-13-15-7-3-5-12-22-15)18(21)20-11-6-9-17(20)16-8-2-4-10-19-16/h2,4,8,10,14-15,17H,3,5-7,9,11-13H2,1H3/t14-,15+,17+/m0/s1. The van der Waals surface area contributed by atoms with E-state index >= 15 is 0 Å². The van der Waals surface area contributed by atoms with E-state index in [0.717, 1.165) is 44.5 Å². The summed E-state index contributed by atoms with van der Waals surface area (Å²) in [7, 11) is 0. The molecule has 0 aromatic carbocycles. The summed E-state index contributed by atoms with van der Waals surface area (Å²) in [6.45, 7) is 3.95. The van der Waals surface area contributed by atoms with Crippen molar-refractivity contribution >= 4 is 5.91 Å². The maximum Gasteiger partial charge on any atom is 0.251 e. The molecule has 2 saturated heterocycles. The predicted octanol–water partition coefficient (Wildman–Crippen LogP) is 2.72. The first-order valence-corrected chi connectivity index (χ1v) is 8.70. The van der Waals surface area contributed by atoms with Crippen LogP contribution in [0.25, 0.3) is 0 Å². The van der Waals surface area contributed by atoms with Gasteiger partial charge in [-0.25, -0.2) is 0 Å². The molecule has 2 fully saturated rings. The van der Waals surface area contributed by atoms with Gasteiger partial charge in [0.2, 0.25) is 0 Å². The summed E-state index contributed by atoms with van der Waals surface area (Å²) in [5, 5.41) is 0. The molecule has 2 aliphatic heterocycles. The van der Waals surface area contributed by atoms with Gasteiger partial charge < -0.3 is 14.4 Å². The zero-order chi connectivity index (χ0) is 16.1. The number of ether oxygens (including phenoxy) is 2. The molecule has 23 heavy (non-hydrogen) atoms. The van der Waals surface area contributed by atoms with E-state index in [-0.39, 0.29) is 18.1 Å². The van der Waals surface area contributed by atoms with Gasteiger partial charge in [-0.05, 0) is 51.2 Å². The van der Waals surface area contributed by atoms with E-state index in [1.807, 2.05) is 30.0 Å². The highest BCUT2D eigenvalue weighted by Crippen LogP contribution is 2.31. The summed E-state index contributed by atoms with van der Waals surface area (Å²) in [6.07, 6.45) is 6.84. The Morgan fingerprint density at radius 3 is 3.04 bits per heavy atom. The smallest absolute Gasteiger partial charge is 0.251 e. The van der Waals surface area contributed by atoms with Crippen LogP contribution in [0.3, 0.4) is 0 Å². The third kappa shape index (κ3) is 4.09. The van der Waals surface area contributed by atoms with Crippen LogP contribution in [0.4, 0.5) is 0 Å². The number of hydrogen-bond donors (Lipinski definition) is 0. The van der Waals surface area contributed by atoms with Crippen molar-refractivity contribution in [1.82, 2.24) is 9.88 Å². The summed E-state index contributed by atoms with van der Waals surface area (Å²) in [5.74, 6) is 0.0639. The molecule has 0 spiro atoms. The van der Waals surface area contributed by atoms with Crippen molar-refractivity contribution in [3.63, 3.8) is 0 Å². The van der Waals surface area contributed by atoms with Crippen LogP contribution in [0.1, 0.15) is 50.8 Å². The lowest BCUT2D eigenvalue weighted by molar-refractivity contribution is -0.147. The highest BCUT2D eigenvalue weighted by atomic mass is 16.5. The average molecular weight is 318 g/mol. The molecule has 5 heteroatoms. The summed E-state index contributed by atoms with van der Waals surface area (Å²) >= 11 is 0. The zero-order valence-corrected chi connectivity index (χ0v) is 13.8. The summed E-state index contributed by atoms with van der Waals surface area (Å²) < 4.78 is 11.5. The maximum absolute atomic E-state index is 12.7. The summed E-state index contributed by atoms with van der Waals surface area (Å²) in [4.78, 5) is 19.1. The topological polar surface area (TPSA) is 51.7 Å². The summed E-state index contributed by atoms with van der Waals surface area (Å²) in [5.41, 5.74) is 0.973. The fourth-order valence-corrected chi connectivity index (χ4v) is 3.41. The van der Waals surface area contributed by atoms with E-state index in [1.54, 1.807) is 6.20 Å². The van der Waals surface area contributed by atoms with Crippen molar-refractivity contribution in [2.24, 2.45) is 0 Å². The first kappa shape index (κ1) is 16.4. The van der Waals surface area contributed by atoms with Gasteiger partial charge in [0.15, 0.2) is 0 Å². The molecule has 126 valence electrons. The van der Waals surface area contributed by atoms with Crippen molar-refractivity contribution in [3.05, 3.63) is 30.1 Å². The molecule has 0 aliphatic carbocycles. The number of likely N-dealkylation sites (tertiary alicyclic amines) is 1. The number of rotatable bonds is 5. The SMILES string of the molecule is C[C@H](OC[C@H]1CCCCO1)C(=O)N1CCC[C@@H]1c1ccccn1. The number of carbonyl (C=O) groups is 1. The Morgan fingerprint density at radius 1 is 1.39 bits per heavy atom. The first-order valence-electron chi connectivity index (χ1n) is 8.70. The van der Waals surface area contributed by atoms with Crippen LogP contribution in [0.15, 0.2) is 24.4 Å². The average Bonchev–Trinajstić information content (AvgIpc) is 3.10. The third-order valence-corrected chi connectivity index (χ3v) is 4.72. The fraction of sp³-hybridized carbons (Fsp3) is 0.667. The molecular weight excluding hydrogens is 292 g/mol. The van der Waals surface area contributed by atoms with Crippen molar-refractivity contribution in [2.75, 3.05) is 19.8 Å². The molecule has 1 aromatic heterocycles. The van der Waals surface area contributed by atoms with Gasteiger partial charge in [0.1, 0.15) is 6.10 Å². The number of aromatic nitrogens is 1. The Bertz CT molecular complexity index is 502. The van der Waals surface area contributed by atoms with Crippen LogP contribution >= 0.6 is 0 Å². The Labute approximate surface area is 138 Å². The third-order valence-electron chi connectivity index (χ3n) is 4.72. The lowest BCUT2D eigenvalue weighted by atomic mass is 10.1. The molecule has 5 nitrogen and oxygen atoms in total. The molecule has 0 radical (unpaired) electrons. The molecule has 0 saturated carbocycles. The molecule has 0 bridgehead atoms. The molecule has 2 aliphatic rings. The Morgan fingerprint density at radius 2 is 2.30 bits per heavy atom. The van der Waals surface area contributed by atoms with Crippen molar-refractivity contribution in [2.45, 2.75) is 57.3 Å². The molecule has 3 atom stereocenters. The van der Waals surface area contributed by atoms with E-state index in [2.05, 4.69) is 4.98 Å². The molecule has 3 heterocycles. The molecular formula is C18H26N2O3. The minimum absolute atomic E-state index is 0.0639. The van der Waals surface area contributed by atoms with Crippen LogP contribution in [0, 0.1) is 0 Å². The van der Waals surface area contributed by atoms with Crippen molar-refractivity contribution < 1.29 is 14.3 Å². The lowest BCUT2D eigenvalue weighted by Gasteiger charge is -2.28. The highest BCUT2D eigenvalue weighted by Gasteiger charge is 2.33. The predicted molar refractivity (Wildman–Crippen MR) is 86.9 cm³/mol. The number of amides is 1. The normalized spacial score (nSPS) is 26.2. The number of pyridine rings is 1. The van der Waals surface area contributed by atoms with Crippen molar-refractivity contribution in [1.29, 1.82) is 0 Å². The highest BCUT2D eigenvalue weighted by molar-refractivity contribution is 5.81. The Kier molecular flexibility index (Phi) is 5.62. The molecule has 0 N–H and O–H groups in total. The van der Waals surface area contributed by atoms with Gasteiger partial charge in [-0.3, -0.25) is 9.78 Å². The van der Waals surface area contributed by atoms with E-state index < -0.39 is 6.10 Å². The number of carbonyl (C=O) groups excluding carboxylic acids is 1. The largest absolute Gasteiger partial charge is 0.376 e. The van der Waals surface area contributed by atoms with Gasteiger partial charge in [-0.15, -0.1) is 0 Å². The molecule has 3 rings (SSSR count). The van der Waals surface area contributed by atoms with Crippen LogP contribution < -0.4 is 0 Å². The van der Waals surface area contributed by atoms with Gasteiger partial charge in [0.05, 0.1) is 24.4 Å². The van der Waals surface area contributed by atoms with Gasteiger partial charge in [-0.2, -0.15) is 0 Å². The Balaban J connectivity index is 1.55. The molecule has 0 unspecified atom stereocenters. The van der Waals surface area contributed by atoms with Gasteiger partial charge >= 0.3 is 0 Å². The van der Waals surface area contributed by atoms with Gasteiger partial charge in [-0.1, -0.05) is 6.07 Å². The summed E-state index contributed by atoms with van der Waals surface area (Å²) in [6, 6.07) is 5.96. The van der Waals surface area contributed by atoms with E-state index in [9.17, 15) is 4.79 Å². The quantitative estimate of drug-likeness (QED) is 0.837. The molecule has 1 aromatic rings. The van der Waals surface area contributed by atoms with Crippen LogP contribution in [0.2, 0.25) is 0 Å². The van der Waals surface area contributed by atoms with E-state index in [4.69, 9.17) is 9.47 Å². The fourth-order valence-electron chi connectivity index (χ4n) is 3.41. The van der Waals surface area contributed by atoms with E-state index in [1.165, 1.54) is 6.42 Å². The monoisotopic (exact) mass is 318 g/mol. The second kappa shape index (κ2) is 7.88. The second-order valence-electron chi connectivity index (χ2n) is 6.41. The van der Waals surface area contributed by atoms with Crippen molar-refractivity contribution in [3.8, 4) is 0 Å². The molecule has 1 amide bonds.